The minimum absolute atomic E-state index is 0.350. The Morgan fingerprint density at radius 1 is 1.50 bits per heavy atom. The van der Waals surface area contributed by atoms with E-state index in [9.17, 15) is 0 Å². The Labute approximate surface area is 38.5 Å². The van der Waals surface area contributed by atoms with Crippen molar-refractivity contribution >= 4 is 0 Å². The molecule has 0 aromatic rings. The molecule has 33 valence electrons. The summed E-state index contributed by atoms with van der Waals surface area (Å²) in [5.41, 5.74) is 6.37. The first-order valence-corrected chi connectivity index (χ1v) is 1.94. The molecular formula is C5H8N. The Kier molecular flexibility index (Phi) is 2.31. The molecular weight excluding hydrogens is 74.1 g/mol. The monoisotopic (exact) mass is 82.1 g/mol. The standard InChI is InChI=1S/C5H8N/c1-5(2)3-4-6/h5-6H,1-2H3. The predicted octanol–water partition coefficient (Wildman–Crippen LogP) is 0.886. The fourth-order valence-corrected chi connectivity index (χ4v) is 0.144. The third-order valence-electron chi connectivity index (χ3n) is 0.361. The molecule has 0 aromatic carbocycles. The van der Waals surface area contributed by atoms with Crippen LogP contribution in [0.4, 0.5) is 0 Å². The van der Waals surface area contributed by atoms with E-state index in [0.29, 0.717) is 5.92 Å². The topological polar surface area (TPSA) is 23.8 Å². The molecule has 0 heterocycles. The van der Waals surface area contributed by atoms with Gasteiger partial charge in [-0.2, -0.15) is 0 Å². The van der Waals surface area contributed by atoms with Crippen LogP contribution in [0.5, 0.6) is 0 Å². The molecule has 0 saturated carbocycles. The molecule has 0 amide bonds. The van der Waals surface area contributed by atoms with E-state index in [1.165, 1.54) is 0 Å². The molecule has 0 atom stereocenters. The van der Waals surface area contributed by atoms with Crippen LogP contribution in [-0.4, -0.2) is 0 Å². The number of hydrogen-bond acceptors (Lipinski definition) is 0. The van der Waals surface area contributed by atoms with Gasteiger partial charge in [0.15, 0.2) is 0 Å². The Hall–Kier alpha value is -0.640. The zero-order chi connectivity index (χ0) is 4.99. The average molecular weight is 82.1 g/mol. The van der Waals surface area contributed by atoms with E-state index in [0.717, 1.165) is 0 Å². The molecule has 1 heteroatoms. The van der Waals surface area contributed by atoms with E-state index < -0.39 is 0 Å². The highest BCUT2D eigenvalue weighted by atomic mass is 14.5. The zero-order valence-corrected chi connectivity index (χ0v) is 4.08. The number of rotatable bonds is 0. The molecule has 1 N–H and O–H groups in total. The van der Waals surface area contributed by atoms with Gasteiger partial charge in [-0.3, -0.25) is 5.73 Å². The Bertz CT molecular complexity index is 73.7. The summed E-state index contributed by atoms with van der Waals surface area (Å²) >= 11 is 0. The summed E-state index contributed by atoms with van der Waals surface area (Å²) in [6.45, 7) is 3.92. The van der Waals surface area contributed by atoms with Gasteiger partial charge >= 0.3 is 0 Å². The van der Waals surface area contributed by atoms with E-state index in [-0.39, 0.29) is 0 Å². The Balaban J connectivity index is 3.20. The molecule has 0 saturated heterocycles. The van der Waals surface area contributed by atoms with Gasteiger partial charge in [-0.15, -0.1) is 0 Å². The minimum Gasteiger partial charge on any atom is -0.251 e. The zero-order valence-electron chi connectivity index (χ0n) is 4.08. The van der Waals surface area contributed by atoms with Crippen molar-refractivity contribution < 1.29 is 0 Å². The van der Waals surface area contributed by atoms with Gasteiger partial charge in [0.25, 0.3) is 0 Å². The summed E-state index contributed by atoms with van der Waals surface area (Å²) in [6.07, 6.45) is 0. The largest absolute Gasteiger partial charge is 0.251 e. The van der Waals surface area contributed by atoms with Crippen molar-refractivity contribution in [2.45, 2.75) is 13.8 Å². The first kappa shape index (κ1) is 5.36. The van der Waals surface area contributed by atoms with E-state index in [2.05, 4.69) is 12.0 Å². The van der Waals surface area contributed by atoms with Crippen molar-refractivity contribution in [2.24, 2.45) is 5.92 Å². The summed E-state index contributed by atoms with van der Waals surface area (Å²) in [4.78, 5) is 0. The van der Waals surface area contributed by atoms with Crippen LogP contribution < -0.4 is 5.73 Å². The van der Waals surface area contributed by atoms with Crippen LogP contribution in [0.15, 0.2) is 0 Å². The lowest BCUT2D eigenvalue weighted by molar-refractivity contribution is 0.865. The second-order valence-corrected chi connectivity index (χ2v) is 1.42. The summed E-state index contributed by atoms with van der Waals surface area (Å²) in [5.74, 6) is 2.97. The van der Waals surface area contributed by atoms with Crippen LogP contribution in [0.3, 0.4) is 0 Å². The summed E-state index contributed by atoms with van der Waals surface area (Å²) in [7, 11) is 0. The van der Waals surface area contributed by atoms with Gasteiger partial charge in [-0.25, -0.2) is 0 Å². The summed E-state index contributed by atoms with van der Waals surface area (Å²) in [5, 5.41) is 0. The van der Waals surface area contributed by atoms with Gasteiger partial charge in [0.2, 0.25) is 0 Å². The van der Waals surface area contributed by atoms with Crippen LogP contribution >= 0.6 is 0 Å². The van der Waals surface area contributed by atoms with Crippen molar-refractivity contribution in [3.05, 3.63) is 0 Å². The third-order valence-corrected chi connectivity index (χ3v) is 0.361. The molecule has 0 fully saturated rings. The smallest absolute Gasteiger partial charge is 0.0257 e. The maximum atomic E-state index is 6.37. The fraction of sp³-hybridized carbons (Fsp3) is 0.600. The molecule has 0 aliphatic rings. The van der Waals surface area contributed by atoms with Crippen LogP contribution in [0, 0.1) is 17.9 Å². The molecule has 0 aliphatic carbocycles. The van der Waals surface area contributed by atoms with Crippen LogP contribution in [0.1, 0.15) is 13.8 Å². The van der Waals surface area contributed by atoms with Gasteiger partial charge in [0, 0.05) is 12.0 Å². The molecule has 0 unspecified atom stereocenters. The number of hydrogen-bond donors (Lipinski definition) is 0. The average Bonchev–Trinajstić information content (AvgIpc) is 1.35. The highest BCUT2D eigenvalue weighted by Crippen LogP contribution is 1.83. The highest BCUT2D eigenvalue weighted by molar-refractivity contribution is 4.95. The van der Waals surface area contributed by atoms with Crippen LogP contribution in [0.2, 0.25) is 0 Å². The van der Waals surface area contributed by atoms with Gasteiger partial charge in [0.05, 0.1) is 0 Å². The Morgan fingerprint density at radius 2 is 2.00 bits per heavy atom. The van der Waals surface area contributed by atoms with Crippen molar-refractivity contribution in [1.82, 2.24) is 5.73 Å². The third kappa shape index (κ3) is 3.36. The van der Waals surface area contributed by atoms with E-state index >= 15 is 0 Å². The molecule has 0 bridgehead atoms. The van der Waals surface area contributed by atoms with Crippen molar-refractivity contribution in [3.8, 4) is 12.0 Å². The molecule has 0 aromatic heterocycles. The lowest BCUT2D eigenvalue weighted by atomic mass is 10.2. The van der Waals surface area contributed by atoms with Crippen LogP contribution in [-0.2, 0) is 0 Å². The van der Waals surface area contributed by atoms with Crippen molar-refractivity contribution in [3.63, 3.8) is 0 Å². The van der Waals surface area contributed by atoms with E-state index in [1.807, 2.05) is 13.8 Å². The maximum Gasteiger partial charge on any atom is 0.0257 e. The minimum atomic E-state index is 0.350. The van der Waals surface area contributed by atoms with Gasteiger partial charge < -0.3 is 0 Å². The lowest BCUT2D eigenvalue weighted by Gasteiger charge is -1.81. The first-order valence-electron chi connectivity index (χ1n) is 1.94. The van der Waals surface area contributed by atoms with Gasteiger partial charge in [-0.1, -0.05) is 19.8 Å². The molecule has 1 nitrogen and oxygen atoms in total. The highest BCUT2D eigenvalue weighted by Gasteiger charge is 1.76. The summed E-state index contributed by atoms with van der Waals surface area (Å²) in [6, 6.07) is 2.07. The molecule has 0 aliphatic heterocycles. The SMILES string of the molecule is CC(C)C#C[NH]. The van der Waals surface area contributed by atoms with Crippen LogP contribution in [0.25, 0.3) is 0 Å². The van der Waals surface area contributed by atoms with Crippen molar-refractivity contribution in [1.29, 1.82) is 0 Å². The fourth-order valence-electron chi connectivity index (χ4n) is 0.144. The maximum absolute atomic E-state index is 6.37. The molecule has 0 rings (SSSR count). The van der Waals surface area contributed by atoms with E-state index in [4.69, 9.17) is 5.73 Å². The van der Waals surface area contributed by atoms with Crippen molar-refractivity contribution in [2.75, 3.05) is 0 Å². The molecule has 6 heavy (non-hydrogen) atoms. The predicted molar refractivity (Wildman–Crippen MR) is 25.7 cm³/mol. The molecule has 0 spiro atoms. The second-order valence-electron chi connectivity index (χ2n) is 1.42. The lowest BCUT2D eigenvalue weighted by Crippen LogP contribution is -1.76. The first-order chi connectivity index (χ1) is 2.77. The number of nitrogens with one attached hydrogen (secondary N) is 1. The molecule has 1 radical (unpaired) electrons. The normalized spacial score (nSPS) is 7.17. The second kappa shape index (κ2) is 2.59. The van der Waals surface area contributed by atoms with E-state index in [1.54, 1.807) is 0 Å². The summed E-state index contributed by atoms with van der Waals surface area (Å²) < 4.78 is 0. The Morgan fingerprint density at radius 3 is 2.00 bits per heavy atom. The van der Waals surface area contributed by atoms with Gasteiger partial charge in [0.1, 0.15) is 0 Å². The quantitative estimate of drug-likeness (QED) is 0.387. The van der Waals surface area contributed by atoms with Gasteiger partial charge in [-0.05, 0) is 0 Å².